The number of aliphatic hydroxyl groups is 1. The molecule has 0 bridgehead atoms. The van der Waals surface area contributed by atoms with Crippen LogP contribution in [0, 0.1) is 27.7 Å². The number of nitro benzene ring substituents is 1. The summed E-state index contributed by atoms with van der Waals surface area (Å²) < 4.78 is 26.8. The van der Waals surface area contributed by atoms with Crippen LogP contribution in [0.2, 0.25) is 0 Å². The molecule has 2 N–H and O–H groups in total. The standard InChI is InChI=1S/C13H16F2N2O4/c1-7(2)11(3-4-18)16-13(19)8-5-12(17(20)21)10(15)6-9(8)14/h5-7,11,18H,3-4H2,1-2H3,(H,16,19). The van der Waals surface area contributed by atoms with Gasteiger partial charge >= 0.3 is 5.69 Å². The van der Waals surface area contributed by atoms with Crippen molar-refractivity contribution in [3.8, 4) is 0 Å². The number of nitrogens with one attached hydrogen (secondary N) is 1. The first-order valence-electron chi connectivity index (χ1n) is 6.33. The van der Waals surface area contributed by atoms with Crippen molar-refractivity contribution in [1.29, 1.82) is 0 Å². The summed E-state index contributed by atoms with van der Waals surface area (Å²) in [5.74, 6) is -3.44. The molecule has 0 saturated heterocycles. The average molecular weight is 302 g/mol. The number of aliphatic hydroxyl groups excluding tert-OH is 1. The number of nitro groups is 1. The minimum absolute atomic E-state index is 0.0282. The van der Waals surface area contributed by atoms with Crippen LogP contribution in [0.3, 0.4) is 0 Å². The van der Waals surface area contributed by atoms with Crippen LogP contribution >= 0.6 is 0 Å². The largest absolute Gasteiger partial charge is 0.396 e. The molecule has 0 saturated carbocycles. The molecule has 1 aromatic carbocycles. The van der Waals surface area contributed by atoms with Gasteiger partial charge in [-0.05, 0) is 12.3 Å². The average Bonchev–Trinajstić information content (AvgIpc) is 2.37. The van der Waals surface area contributed by atoms with E-state index in [-0.39, 0.29) is 18.9 Å². The Hall–Kier alpha value is -2.09. The van der Waals surface area contributed by atoms with Gasteiger partial charge in [0.25, 0.3) is 5.91 Å². The first kappa shape index (κ1) is 17.0. The Morgan fingerprint density at radius 1 is 1.38 bits per heavy atom. The number of carbonyl (C=O) groups excluding carboxylic acids is 1. The lowest BCUT2D eigenvalue weighted by atomic mass is 10.0. The molecule has 0 fully saturated rings. The van der Waals surface area contributed by atoms with Crippen LogP contribution in [0.25, 0.3) is 0 Å². The molecule has 1 unspecified atom stereocenters. The third kappa shape index (κ3) is 4.19. The number of carbonyl (C=O) groups is 1. The molecule has 116 valence electrons. The molecule has 0 aliphatic heterocycles. The van der Waals surface area contributed by atoms with Gasteiger partial charge in [-0.2, -0.15) is 4.39 Å². The maximum absolute atomic E-state index is 13.6. The molecule has 1 aromatic rings. The Morgan fingerprint density at radius 3 is 2.48 bits per heavy atom. The van der Waals surface area contributed by atoms with E-state index in [2.05, 4.69) is 5.32 Å². The second kappa shape index (κ2) is 7.07. The molecule has 0 heterocycles. The number of rotatable bonds is 6. The highest BCUT2D eigenvalue weighted by atomic mass is 19.1. The van der Waals surface area contributed by atoms with Crippen molar-refractivity contribution in [2.24, 2.45) is 5.92 Å². The van der Waals surface area contributed by atoms with E-state index in [1.165, 1.54) is 0 Å². The van der Waals surface area contributed by atoms with Crippen molar-refractivity contribution in [2.45, 2.75) is 26.3 Å². The summed E-state index contributed by atoms with van der Waals surface area (Å²) in [5.41, 5.74) is -1.57. The van der Waals surface area contributed by atoms with Crippen molar-refractivity contribution in [3.05, 3.63) is 39.4 Å². The van der Waals surface area contributed by atoms with Crippen molar-refractivity contribution in [1.82, 2.24) is 5.32 Å². The summed E-state index contributed by atoms with van der Waals surface area (Å²) in [6.45, 7) is 3.42. The van der Waals surface area contributed by atoms with Crippen LogP contribution < -0.4 is 5.32 Å². The monoisotopic (exact) mass is 302 g/mol. The Morgan fingerprint density at radius 2 is 2.00 bits per heavy atom. The fraction of sp³-hybridized carbons (Fsp3) is 0.462. The Balaban J connectivity index is 3.06. The van der Waals surface area contributed by atoms with Crippen molar-refractivity contribution >= 4 is 11.6 Å². The highest BCUT2D eigenvalue weighted by molar-refractivity contribution is 5.95. The van der Waals surface area contributed by atoms with Crippen LogP contribution in [0.1, 0.15) is 30.6 Å². The summed E-state index contributed by atoms with van der Waals surface area (Å²) in [4.78, 5) is 21.6. The highest BCUT2D eigenvalue weighted by Gasteiger charge is 2.24. The van der Waals surface area contributed by atoms with Gasteiger partial charge in [-0.3, -0.25) is 14.9 Å². The van der Waals surface area contributed by atoms with Gasteiger partial charge < -0.3 is 10.4 Å². The number of nitrogens with zero attached hydrogens (tertiary/aromatic N) is 1. The van der Waals surface area contributed by atoms with Gasteiger partial charge in [-0.15, -0.1) is 0 Å². The minimum Gasteiger partial charge on any atom is -0.396 e. The first-order valence-corrected chi connectivity index (χ1v) is 6.33. The van der Waals surface area contributed by atoms with Crippen molar-refractivity contribution in [3.63, 3.8) is 0 Å². The van der Waals surface area contributed by atoms with Crippen molar-refractivity contribution in [2.75, 3.05) is 6.61 Å². The third-order valence-corrected chi connectivity index (χ3v) is 3.04. The van der Waals surface area contributed by atoms with Crippen LogP contribution in [-0.2, 0) is 0 Å². The van der Waals surface area contributed by atoms with Gasteiger partial charge in [0, 0.05) is 24.8 Å². The zero-order valence-corrected chi connectivity index (χ0v) is 11.6. The second-order valence-electron chi connectivity index (χ2n) is 4.88. The SMILES string of the molecule is CC(C)C(CCO)NC(=O)c1cc([N+](=O)[O-])c(F)cc1F. The van der Waals surface area contributed by atoms with E-state index < -0.39 is 39.8 Å². The Bertz CT molecular complexity index is 549. The number of benzene rings is 1. The normalized spacial score (nSPS) is 12.3. The smallest absolute Gasteiger partial charge is 0.305 e. The molecule has 0 radical (unpaired) electrons. The number of hydrogen-bond acceptors (Lipinski definition) is 4. The molecule has 8 heteroatoms. The molecule has 1 atom stereocenters. The fourth-order valence-corrected chi connectivity index (χ4v) is 1.81. The van der Waals surface area contributed by atoms with Crippen LogP contribution in [0.15, 0.2) is 12.1 Å². The Kier molecular flexibility index (Phi) is 5.71. The molecule has 1 amide bonds. The van der Waals surface area contributed by atoms with E-state index in [0.717, 1.165) is 0 Å². The minimum atomic E-state index is -1.34. The van der Waals surface area contributed by atoms with Crippen molar-refractivity contribution < 1.29 is 23.6 Å². The molecule has 0 aromatic heterocycles. The fourth-order valence-electron chi connectivity index (χ4n) is 1.81. The summed E-state index contributed by atoms with van der Waals surface area (Å²) in [7, 11) is 0. The zero-order chi connectivity index (χ0) is 16.2. The maximum Gasteiger partial charge on any atom is 0.305 e. The molecular formula is C13H16F2N2O4. The highest BCUT2D eigenvalue weighted by Crippen LogP contribution is 2.22. The van der Waals surface area contributed by atoms with Gasteiger partial charge in [0.15, 0.2) is 0 Å². The predicted octanol–water partition coefficient (Wildman–Crippen LogP) is 2.01. The van der Waals surface area contributed by atoms with Gasteiger partial charge in [-0.1, -0.05) is 13.8 Å². The lowest BCUT2D eigenvalue weighted by Crippen LogP contribution is -2.39. The van der Waals surface area contributed by atoms with E-state index in [4.69, 9.17) is 5.11 Å². The molecule has 1 rings (SSSR count). The van der Waals surface area contributed by atoms with Crippen LogP contribution in [0.5, 0.6) is 0 Å². The van der Waals surface area contributed by atoms with Gasteiger partial charge in [-0.25, -0.2) is 4.39 Å². The lowest BCUT2D eigenvalue weighted by molar-refractivity contribution is -0.387. The number of halogens is 2. The van der Waals surface area contributed by atoms with Gasteiger partial charge in [0.05, 0.1) is 10.5 Å². The van der Waals surface area contributed by atoms with Gasteiger partial charge in [0.1, 0.15) is 5.82 Å². The number of hydrogen-bond donors (Lipinski definition) is 2. The first-order chi connectivity index (χ1) is 9.77. The van der Waals surface area contributed by atoms with E-state index in [1.807, 2.05) is 0 Å². The molecule has 0 aliphatic rings. The molecular weight excluding hydrogens is 286 g/mol. The summed E-state index contributed by atoms with van der Waals surface area (Å²) >= 11 is 0. The second-order valence-corrected chi connectivity index (χ2v) is 4.88. The van der Waals surface area contributed by atoms with Gasteiger partial charge in [0.2, 0.25) is 5.82 Å². The van der Waals surface area contributed by atoms with E-state index >= 15 is 0 Å². The molecule has 0 spiro atoms. The summed E-state index contributed by atoms with van der Waals surface area (Å²) in [6, 6.07) is 0.450. The maximum atomic E-state index is 13.6. The molecule has 21 heavy (non-hydrogen) atoms. The van der Waals surface area contributed by atoms with E-state index in [0.29, 0.717) is 12.1 Å². The quantitative estimate of drug-likeness (QED) is 0.621. The third-order valence-electron chi connectivity index (χ3n) is 3.04. The summed E-state index contributed by atoms with van der Waals surface area (Å²) in [5, 5.41) is 22.0. The van der Waals surface area contributed by atoms with E-state index in [1.54, 1.807) is 13.8 Å². The topological polar surface area (TPSA) is 92.5 Å². The lowest BCUT2D eigenvalue weighted by Gasteiger charge is -2.21. The molecule has 0 aliphatic carbocycles. The van der Waals surface area contributed by atoms with Crippen LogP contribution in [-0.4, -0.2) is 28.6 Å². The number of amides is 1. The zero-order valence-electron chi connectivity index (χ0n) is 11.6. The Labute approximate surface area is 119 Å². The predicted molar refractivity (Wildman–Crippen MR) is 70.8 cm³/mol. The van der Waals surface area contributed by atoms with E-state index in [9.17, 15) is 23.7 Å². The molecule has 6 nitrogen and oxygen atoms in total. The van der Waals surface area contributed by atoms with Crippen LogP contribution in [0.4, 0.5) is 14.5 Å². The summed E-state index contributed by atoms with van der Waals surface area (Å²) in [6.07, 6.45) is 0.258.